The number of aromatic nitrogens is 1. The summed E-state index contributed by atoms with van der Waals surface area (Å²) in [5.74, 6) is -1.79. The highest BCUT2D eigenvalue weighted by Crippen LogP contribution is 2.39. The number of hydrogen-bond donors (Lipinski definition) is 0. The van der Waals surface area contributed by atoms with Gasteiger partial charge in [-0.05, 0) is 67.1 Å². The van der Waals surface area contributed by atoms with Gasteiger partial charge < -0.3 is 9.30 Å². The highest BCUT2D eigenvalue weighted by atomic mass is 32.1. The molecule has 5 rings (SSSR count). The summed E-state index contributed by atoms with van der Waals surface area (Å²) in [5, 5.41) is 0.357. The third kappa shape index (κ3) is 7.10. The van der Waals surface area contributed by atoms with E-state index in [1.54, 1.807) is 30.5 Å². The minimum absolute atomic E-state index is 0.0152. The van der Waals surface area contributed by atoms with E-state index in [9.17, 15) is 23.2 Å². The summed E-state index contributed by atoms with van der Waals surface area (Å²) >= 11 is 1.34. The van der Waals surface area contributed by atoms with E-state index in [2.05, 4.69) is 4.90 Å². The van der Waals surface area contributed by atoms with Gasteiger partial charge in [0.1, 0.15) is 28.8 Å². The van der Waals surface area contributed by atoms with Crippen LogP contribution < -0.4 is 10.2 Å². The molecule has 2 aromatic heterocycles. The number of carbonyl (C=O) groups excluding carboxylic acids is 2. The fourth-order valence-corrected chi connectivity index (χ4v) is 6.54. The van der Waals surface area contributed by atoms with Crippen LogP contribution in [0.2, 0.25) is 0 Å². The second kappa shape index (κ2) is 13.7. The lowest BCUT2D eigenvalue weighted by molar-refractivity contribution is -0.118. The molecule has 0 amide bonds. The molecule has 2 heterocycles. The monoisotopic (exact) mass is 628 g/mol. The van der Waals surface area contributed by atoms with Gasteiger partial charge in [-0.1, -0.05) is 50.2 Å². The first-order valence-corrected chi connectivity index (χ1v) is 15.5. The summed E-state index contributed by atoms with van der Waals surface area (Å²) in [7, 11) is 1.95. The van der Waals surface area contributed by atoms with E-state index in [1.165, 1.54) is 42.7 Å². The maximum Gasteiger partial charge on any atom is 0.201 e. The van der Waals surface area contributed by atoms with Crippen LogP contribution in [0.1, 0.15) is 47.8 Å². The van der Waals surface area contributed by atoms with Crippen molar-refractivity contribution in [3.63, 3.8) is 0 Å². The van der Waals surface area contributed by atoms with Gasteiger partial charge >= 0.3 is 0 Å². The van der Waals surface area contributed by atoms with E-state index in [1.807, 2.05) is 49.5 Å². The standard InChI is InChI=1S/C36H34F2N2O4S/c1-22(2)33(42)29-20-40(19-27-30(37)11-8-12-31(27)38)36-32(34(29)43)28(18-39(4)17-24-9-6-5-7-10-24)35(45-36)25-13-15-26(16-14-25)44-21-23(3)41/h5-16,20,22H,17-19,21H2,1-4H3. The Bertz CT molecular complexity index is 1890. The fourth-order valence-electron chi connectivity index (χ4n) is 5.25. The average molecular weight is 629 g/mol. The molecule has 232 valence electrons. The number of ether oxygens (including phenoxy) is 1. The summed E-state index contributed by atoms with van der Waals surface area (Å²) in [4.78, 5) is 42.3. The largest absolute Gasteiger partial charge is 0.486 e. The van der Waals surface area contributed by atoms with Crippen LogP contribution in [0.3, 0.4) is 0 Å². The Labute approximate surface area is 264 Å². The number of hydrogen-bond acceptors (Lipinski definition) is 6. The Morgan fingerprint density at radius 2 is 1.58 bits per heavy atom. The third-order valence-electron chi connectivity index (χ3n) is 7.47. The van der Waals surface area contributed by atoms with Crippen molar-refractivity contribution < 1.29 is 23.1 Å². The van der Waals surface area contributed by atoms with Crippen LogP contribution in [0.5, 0.6) is 5.75 Å². The molecule has 0 aliphatic carbocycles. The smallest absolute Gasteiger partial charge is 0.201 e. The van der Waals surface area contributed by atoms with Crippen LogP contribution >= 0.6 is 11.3 Å². The van der Waals surface area contributed by atoms with E-state index >= 15 is 0 Å². The van der Waals surface area contributed by atoms with Crippen molar-refractivity contribution in [2.45, 2.75) is 40.4 Å². The lowest BCUT2D eigenvalue weighted by atomic mass is 9.99. The van der Waals surface area contributed by atoms with Gasteiger partial charge in [0.2, 0.25) is 5.43 Å². The predicted molar refractivity (Wildman–Crippen MR) is 174 cm³/mol. The van der Waals surface area contributed by atoms with E-state index in [-0.39, 0.29) is 35.8 Å². The first-order valence-electron chi connectivity index (χ1n) is 14.6. The highest BCUT2D eigenvalue weighted by Gasteiger charge is 2.26. The van der Waals surface area contributed by atoms with Crippen LogP contribution in [0.25, 0.3) is 20.7 Å². The zero-order chi connectivity index (χ0) is 32.2. The van der Waals surface area contributed by atoms with Gasteiger partial charge in [0, 0.05) is 35.6 Å². The molecule has 0 atom stereocenters. The van der Waals surface area contributed by atoms with Crippen LogP contribution in [-0.2, 0) is 24.4 Å². The zero-order valence-electron chi connectivity index (χ0n) is 25.6. The van der Waals surface area contributed by atoms with E-state index in [0.717, 1.165) is 21.6 Å². The quantitative estimate of drug-likeness (QED) is 0.134. The molecule has 0 spiro atoms. The summed E-state index contributed by atoms with van der Waals surface area (Å²) in [6.07, 6.45) is 1.44. The number of nitrogens with zero attached hydrogens (tertiary/aromatic N) is 2. The number of Topliss-reactive ketones (excluding diaryl/α,β-unsaturated/α-hetero) is 2. The number of ketones is 2. The SMILES string of the molecule is CC(=O)COc1ccc(-c2sc3c(c2CN(C)Cc2ccccc2)c(=O)c(C(=O)C(C)C)cn3Cc2c(F)cccc2F)cc1. The molecule has 6 nitrogen and oxygen atoms in total. The van der Waals surface area contributed by atoms with Gasteiger partial charge in [-0.25, -0.2) is 8.78 Å². The van der Waals surface area contributed by atoms with Gasteiger partial charge in [0.25, 0.3) is 0 Å². The Morgan fingerprint density at radius 3 is 2.20 bits per heavy atom. The number of rotatable bonds is 12. The molecular weight excluding hydrogens is 594 g/mol. The van der Waals surface area contributed by atoms with Crippen molar-refractivity contribution in [1.29, 1.82) is 0 Å². The number of pyridine rings is 1. The van der Waals surface area contributed by atoms with Crippen LogP contribution in [0, 0.1) is 17.6 Å². The number of benzene rings is 3. The molecule has 5 aromatic rings. The first-order chi connectivity index (χ1) is 21.5. The van der Waals surface area contributed by atoms with Crippen molar-refractivity contribution in [2.24, 2.45) is 5.92 Å². The van der Waals surface area contributed by atoms with Crippen molar-refractivity contribution in [3.05, 3.63) is 123 Å². The van der Waals surface area contributed by atoms with Gasteiger partial charge in [-0.3, -0.25) is 19.3 Å². The average Bonchev–Trinajstić information content (AvgIpc) is 3.39. The van der Waals surface area contributed by atoms with Gasteiger partial charge in [-0.15, -0.1) is 11.3 Å². The summed E-state index contributed by atoms with van der Waals surface area (Å²) < 4.78 is 36.9. The zero-order valence-corrected chi connectivity index (χ0v) is 26.4. The third-order valence-corrected chi connectivity index (χ3v) is 8.79. The fraction of sp³-hybridized carbons (Fsp3) is 0.250. The second-order valence-corrected chi connectivity index (χ2v) is 12.5. The minimum Gasteiger partial charge on any atom is -0.486 e. The highest BCUT2D eigenvalue weighted by molar-refractivity contribution is 7.22. The van der Waals surface area contributed by atoms with Crippen molar-refractivity contribution in [2.75, 3.05) is 13.7 Å². The minimum atomic E-state index is -0.709. The van der Waals surface area contributed by atoms with Crippen molar-refractivity contribution >= 4 is 33.1 Å². The number of carbonyl (C=O) groups is 2. The number of halogens is 2. The molecule has 0 aliphatic rings. The molecule has 3 aromatic carbocycles. The van der Waals surface area contributed by atoms with Crippen molar-refractivity contribution in [1.82, 2.24) is 9.47 Å². The lowest BCUT2D eigenvalue weighted by Crippen LogP contribution is -2.24. The molecule has 0 saturated heterocycles. The first kappa shape index (κ1) is 31.9. The maximum atomic E-state index is 14.9. The van der Waals surface area contributed by atoms with E-state index < -0.39 is 23.0 Å². The Balaban J connectivity index is 1.72. The van der Waals surface area contributed by atoms with E-state index in [0.29, 0.717) is 29.1 Å². The van der Waals surface area contributed by atoms with Crippen molar-refractivity contribution in [3.8, 4) is 16.2 Å². The second-order valence-electron chi connectivity index (χ2n) is 11.5. The Kier molecular flexibility index (Phi) is 9.70. The van der Waals surface area contributed by atoms with Crippen LogP contribution in [-0.4, -0.2) is 34.7 Å². The predicted octanol–water partition coefficient (Wildman–Crippen LogP) is 7.50. The van der Waals surface area contributed by atoms with Crippen LogP contribution in [0.15, 0.2) is 83.8 Å². The number of thiophene rings is 1. The topological polar surface area (TPSA) is 68.6 Å². The molecule has 0 aliphatic heterocycles. The molecule has 0 unspecified atom stereocenters. The Morgan fingerprint density at radius 1 is 0.911 bits per heavy atom. The number of fused-ring (bicyclic) bond motifs is 1. The summed E-state index contributed by atoms with van der Waals surface area (Å²) in [6, 6.07) is 20.8. The maximum absolute atomic E-state index is 14.9. The lowest BCUT2D eigenvalue weighted by Gasteiger charge is -2.18. The van der Waals surface area contributed by atoms with Gasteiger partial charge in [-0.2, -0.15) is 0 Å². The van der Waals surface area contributed by atoms with Gasteiger partial charge in [0.05, 0.1) is 17.5 Å². The molecule has 0 saturated carbocycles. The molecule has 45 heavy (non-hydrogen) atoms. The molecule has 0 radical (unpaired) electrons. The molecule has 9 heteroatoms. The Hall–Kier alpha value is -4.47. The molecular formula is C36H34F2N2O4S. The molecule has 0 N–H and O–H groups in total. The van der Waals surface area contributed by atoms with Crippen LogP contribution in [0.4, 0.5) is 8.78 Å². The molecule has 0 bridgehead atoms. The summed E-state index contributed by atoms with van der Waals surface area (Å²) in [6.45, 7) is 5.61. The van der Waals surface area contributed by atoms with Gasteiger partial charge in [0.15, 0.2) is 11.6 Å². The van der Waals surface area contributed by atoms with E-state index in [4.69, 9.17) is 4.74 Å². The molecule has 0 fully saturated rings. The summed E-state index contributed by atoms with van der Waals surface area (Å²) in [5.41, 5.74) is 2.04. The normalized spacial score (nSPS) is 11.5.